The summed E-state index contributed by atoms with van der Waals surface area (Å²) in [6.45, 7) is 0. The number of benzene rings is 3. The zero-order chi connectivity index (χ0) is 23.5. The lowest BCUT2D eigenvalue weighted by molar-refractivity contribution is 0.0998. The highest BCUT2D eigenvalue weighted by Crippen LogP contribution is 2.25. The average Bonchev–Trinajstić information content (AvgIpc) is 2.78. The van der Waals surface area contributed by atoms with E-state index in [0.717, 1.165) is 4.31 Å². The van der Waals surface area contributed by atoms with Crippen LogP contribution in [0.4, 0.5) is 11.4 Å². The molecule has 0 aliphatic heterocycles. The van der Waals surface area contributed by atoms with Gasteiger partial charge in [-0.2, -0.15) is 0 Å². The third-order valence-electron chi connectivity index (χ3n) is 4.68. The molecule has 0 unspecified atom stereocenters. The summed E-state index contributed by atoms with van der Waals surface area (Å²) in [6, 6.07) is 16.5. The van der Waals surface area contributed by atoms with Gasteiger partial charge in [0.2, 0.25) is 5.91 Å². The molecule has 0 bridgehead atoms. The highest BCUT2D eigenvalue weighted by atomic mass is 35.5. The molecule has 0 heterocycles. The van der Waals surface area contributed by atoms with Gasteiger partial charge in [0.15, 0.2) is 0 Å². The van der Waals surface area contributed by atoms with Gasteiger partial charge in [-0.25, -0.2) is 8.42 Å². The summed E-state index contributed by atoms with van der Waals surface area (Å²) in [4.78, 5) is 23.9. The predicted octanol–water partition coefficient (Wildman–Crippen LogP) is 3.52. The van der Waals surface area contributed by atoms with E-state index in [1.165, 1.54) is 56.6 Å². The first-order chi connectivity index (χ1) is 15.1. The van der Waals surface area contributed by atoms with Gasteiger partial charge in [0.25, 0.3) is 15.9 Å². The normalized spacial score (nSPS) is 11.0. The van der Waals surface area contributed by atoms with Crippen molar-refractivity contribution in [2.45, 2.75) is 4.90 Å². The summed E-state index contributed by atoms with van der Waals surface area (Å²) in [7, 11) is -0.980. The summed E-state index contributed by atoms with van der Waals surface area (Å²) < 4.78 is 32.3. The van der Waals surface area contributed by atoms with Gasteiger partial charge in [-0.1, -0.05) is 17.7 Å². The first kappa shape index (κ1) is 23.1. The molecule has 0 saturated heterocycles. The lowest BCUT2D eigenvalue weighted by Crippen LogP contribution is -2.26. The number of amides is 2. The highest BCUT2D eigenvalue weighted by Gasteiger charge is 2.22. The van der Waals surface area contributed by atoms with Crippen molar-refractivity contribution >= 4 is 44.8 Å². The van der Waals surface area contributed by atoms with E-state index in [9.17, 15) is 18.0 Å². The van der Waals surface area contributed by atoms with Crippen molar-refractivity contribution in [3.8, 4) is 5.75 Å². The maximum atomic E-state index is 13.1. The largest absolute Gasteiger partial charge is 0.497 e. The third-order valence-corrected chi connectivity index (χ3v) is 6.78. The molecule has 0 spiro atoms. The van der Waals surface area contributed by atoms with Crippen molar-refractivity contribution in [1.82, 2.24) is 0 Å². The quantitative estimate of drug-likeness (QED) is 0.544. The zero-order valence-electron chi connectivity index (χ0n) is 17.2. The van der Waals surface area contributed by atoms with Gasteiger partial charge < -0.3 is 15.8 Å². The number of halogens is 1. The van der Waals surface area contributed by atoms with Crippen LogP contribution in [0.2, 0.25) is 5.02 Å². The van der Waals surface area contributed by atoms with Crippen LogP contribution in [0.25, 0.3) is 0 Å². The average molecular weight is 474 g/mol. The number of nitrogens with two attached hydrogens (primary N) is 1. The van der Waals surface area contributed by atoms with E-state index in [1.807, 2.05) is 0 Å². The molecular weight excluding hydrogens is 454 g/mol. The van der Waals surface area contributed by atoms with Crippen molar-refractivity contribution in [3.63, 3.8) is 0 Å². The SMILES string of the molecule is COc1ccc(N(C)S(=O)(=O)c2cccc(C(=O)Nc3ccc(C(N)=O)c(Cl)c3)c2)cc1. The molecule has 3 rings (SSSR count). The Balaban J connectivity index is 1.84. The van der Waals surface area contributed by atoms with Gasteiger partial charge in [-0.15, -0.1) is 0 Å². The number of sulfonamides is 1. The minimum atomic E-state index is -3.92. The minimum Gasteiger partial charge on any atom is -0.497 e. The van der Waals surface area contributed by atoms with E-state index in [4.69, 9.17) is 22.1 Å². The summed E-state index contributed by atoms with van der Waals surface area (Å²) in [5.41, 5.74) is 6.23. The van der Waals surface area contributed by atoms with Crippen molar-refractivity contribution in [3.05, 3.63) is 82.9 Å². The van der Waals surface area contributed by atoms with Crippen molar-refractivity contribution in [2.24, 2.45) is 5.73 Å². The van der Waals surface area contributed by atoms with Crippen molar-refractivity contribution in [2.75, 3.05) is 23.8 Å². The van der Waals surface area contributed by atoms with Crippen LogP contribution < -0.4 is 20.1 Å². The lowest BCUT2D eigenvalue weighted by atomic mass is 10.1. The second kappa shape index (κ2) is 9.29. The number of anilines is 2. The fourth-order valence-corrected chi connectivity index (χ4v) is 4.40. The molecule has 3 aromatic rings. The number of carbonyl (C=O) groups excluding carboxylic acids is 2. The Morgan fingerprint density at radius 3 is 2.31 bits per heavy atom. The molecule has 10 heteroatoms. The number of hydrogen-bond donors (Lipinski definition) is 2. The smallest absolute Gasteiger partial charge is 0.264 e. The topological polar surface area (TPSA) is 119 Å². The van der Waals surface area contributed by atoms with Gasteiger partial charge in [-0.05, 0) is 60.7 Å². The Kier molecular flexibility index (Phi) is 6.71. The monoisotopic (exact) mass is 473 g/mol. The van der Waals surface area contributed by atoms with E-state index in [1.54, 1.807) is 24.3 Å². The van der Waals surface area contributed by atoms with Gasteiger partial charge in [0.05, 0.1) is 28.3 Å². The Morgan fingerprint density at radius 1 is 1.03 bits per heavy atom. The molecule has 8 nitrogen and oxygen atoms in total. The van der Waals surface area contributed by atoms with E-state index >= 15 is 0 Å². The number of hydrogen-bond acceptors (Lipinski definition) is 5. The lowest BCUT2D eigenvalue weighted by Gasteiger charge is -2.20. The molecule has 166 valence electrons. The molecule has 3 N–H and O–H groups in total. The van der Waals surface area contributed by atoms with Gasteiger partial charge in [0, 0.05) is 18.3 Å². The molecule has 3 aromatic carbocycles. The van der Waals surface area contributed by atoms with Crippen molar-refractivity contribution < 1.29 is 22.7 Å². The first-order valence-corrected chi connectivity index (χ1v) is 11.1. The highest BCUT2D eigenvalue weighted by molar-refractivity contribution is 7.92. The number of nitrogens with zero attached hydrogens (tertiary/aromatic N) is 1. The molecule has 0 saturated carbocycles. The molecule has 0 aromatic heterocycles. The Hall–Kier alpha value is -3.56. The van der Waals surface area contributed by atoms with Gasteiger partial charge in [0.1, 0.15) is 5.75 Å². The molecular formula is C22H20ClN3O5S. The fourth-order valence-electron chi connectivity index (χ4n) is 2.88. The number of rotatable bonds is 7. The van der Waals surface area contributed by atoms with Gasteiger partial charge >= 0.3 is 0 Å². The van der Waals surface area contributed by atoms with E-state index in [-0.39, 0.29) is 21.0 Å². The number of methoxy groups -OCH3 is 1. The fraction of sp³-hybridized carbons (Fsp3) is 0.0909. The van der Waals surface area contributed by atoms with Crippen LogP contribution in [0.15, 0.2) is 71.6 Å². The third kappa shape index (κ3) is 4.84. The number of carbonyl (C=O) groups is 2. The summed E-state index contributed by atoms with van der Waals surface area (Å²) in [6.07, 6.45) is 0. The molecule has 0 aliphatic rings. The molecule has 0 aliphatic carbocycles. The first-order valence-electron chi connectivity index (χ1n) is 9.27. The van der Waals surface area contributed by atoms with Crippen LogP contribution in [-0.4, -0.2) is 34.4 Å². The zero-order valence-corrected chi connectivity index (χ0v) is 18.8. The molecule has 32 heavy (non-hydrogen) atoms. The van der Waals surface area contributed by atoms with Crippen LogP contribution in [0, 0.1) is 0 Å². The molecule has 2 amide bonds. The van der Waals surface area contributed by atoms with Crippen LogP contribution in [0.3, 0.4) is 0 Å². The number of ether oxygens (including phenoxy) is 1. The standard InChI is InChI=1S/C22H20ClN3O5S/c1-26(16-7-9-17(31-2)10-8-16)32(29,30)18-5-3-4-14(12-18)22(28)25-15-6-11-19(21(24)27)20(23)13-15/h3-13H,1-2H3,(H2,24,27)(H,25,28). The van der Waals surface area contributed by atoms with Crippen LogP contribution in [0.5, 0.6) is 5.75 Å². The number of nitrogens with one attached hydrogen (secondary N) is 1. The maximum Gasteiger partial charge on any atom is 0.264 e. The molecule has 0 fully saturated rings. The van der Waals surface area contributed by atoms with E-state index < -0.39 is 21.8 Å². The Bertz CT molecular complexity index is 1280. The summed E-state index contributed by atoms with van der Waals surface area (Å²) in [5.74, 6) is -0.633. The number of primary amides is 1. The Morgan fingerprint density at radius 2 is 1.72 bits per heavy atom. The summed E-state index contributed by atoms with van der Waals surface area (Å²) >= 11 is 6.01. The minimum absolute atomic E-state index is 0.0504. The molecule has 0 atom stereocenters. The van der Waals surface area contributed by atoms with Crippen molar-refractivity contribution in [1.29, 1.82) is 0 Å². The maximum absolute atomic E-state index is 13.1. The summed E-state index contributed by atoms with van der Waals surface area (Å²) in [5, 5.41) is 2.71. The Labute approximate surface area is 190 Å². The van der Waals surface area contributed by atoms with Crippen LogP contribution >= 0.6 is 11.6 Å². The van der Waals surface area contributed by atoms with E-state index in [2.05, 4.69) is 5.32 Å². The van der Waals surface area contributed by atoms with Crippen LogP contribution in [-0.2, 0) is 10.0 Å². The second-order valence-corrected chi connectivity index (χ2v) is 9.09. The van der Waals surface area contributed by atoms with E-state index in [0.29, 0.717) is 17.1 Å². The van der Waals surface area contributed by atoms with Gasteiger partial charge in [-0.3, -0.25) is 13.9 Å². The second-order valence-electron chi connectivity index (χ2n) is 6.71. The predicted molar refractivity (Wildman–Crippen MR) is 123 cm³/mol. The van der Waals surface area contributed by atoms with Crippen LogP contribution in [0.1, 0.15) is 20.7 Å². The molecule has 0 radical (unpaired) electrons.